The number of nitriles is 1. The lowest BCUT2D eigenvalue weighted by molar-refractivity contribution is -0.112. The molecule has 0 saturated carbocycles. The summed E-state index contributed by atoms with van der Waals surface area (Å²) < 4.78 is 5.18. The molecule has 122 valence electrons. The maximum absolute atomic E-state index is 12.3. The van der Waals surface area contributed by atoms with Gasteiger partial charge in [0.2, 0.25) is 0 Å². The second-order valence-electron chi connectivity index (χ2n) is 5.34. The Hall–Kier alpha value is -3.26. The summed E-state index contributed by atoms with van der Waals surface area (Å²) in [6.45, 7) is 3.98. The molecule has 2 aromatic rings. The highest BCUT2D eigenvalue weighted by Gasteiger charge is 2.11. The number of aryl methyl sites for hydroxylation is 2. The number of methoxy groups -OCH3 is 1. The predicted octanol–water partition coefficient (Wildman–Crippen LogP) is 3.77. The van der Waals surface area contributed by atoms with Crippen molar-refractivity contribution in [1.29, 1.82) is 5.26 Å². The Morgan fingerprint density at radius 2 is 1.83 bits per heavy atom. The fourth-order valence-electron chi connectivity index (χ4n) is 2.30. The van der Waals surface area contributed by atoms with Crippen molar-refractivity contribution in [3.63, 3.8) is 0 Å². The smallest absolute Gasteiger partial charge is 0.267 e. The Morgan fingerprint density at radius 1 is 1.17 bits per heavy atom. The molecule has 0 aliphatic rings. The molecular formula is C19H19N3O2. The zero-order chi connectivity index (χ0) is 17.5. The highest BCUT2D eigenvalue weighted by molar-refractivity contribution is 6.07. The van der Waals surface area contributed by atoms with E-state index in [2.05, 4.69) is 16.7 Å². The Kier molecular flexibility index (Phi) is 5.58. The molecule has 0 unspecified atom stereocenters. The molecule has 0 spiro atoms. The highest BCUT2D eigenvalue weighted by atomic mass is 16.5. The molecule has 0 fully saturated rings. The minimum absolute atomic E-state index is 0.0277. The SMILES string of the molecule is COc1ccccc1NC(=O)/C(C#N)=C\Nc1cc(C)cc(C)c1. The van der Waals surface area contributed by atoms with Crippen LogP contribution in [0.2, 0.25) is 0 Å². The lowest BCUT2D eigenvalue weighted by Crippen LogP contribution is -2.15. The van der Waals surface area contributed by atoms with Gasteiger partial charge in [0.05, 0.1) is 12.8 Å². The fourth-order valence-corrected chi connectivity index (χ4v) is 2.30. The van der Waals surface area contributed by atoms with Gasteiger partial charge < -0.3 is 15.4 Å². The molecule has 2 N–H and O–H groups in total. The van der Waals surface area contributed by atoms with Crippen LogP contribution in [-0.4, -0.2) is 13.0 Å². The average Bonchev–Trinajstić information content (AvgIpc) is 2.55. The van der Waals surface area contributed by atoms with E-state index in [4.69, 9.17) is 4.74 Å². The van der Waals surface area contributed by atoms with Crippen LogP contribution >= 0.6 is 0 Å². The summed E-state index contributed by atoms with van der Waals surface area (Å²) in [5.74, 6) is 0.0317. The summed E-state index contributed by atoms with van der Waals surface area (Å²) in [7, 11) is 1.52. The van der Waals surface area contributed by atoms with Crippen molar-refractivity contribution in [3.05, 3.63) is 65.4 Å². The monoisotopic (exact) mass is 321 g/mol. The van der Waals surface area contributed by atoms with Crippen molar-refractivity contribution in [2.75, 3.05) is 17.7 Å². The number of hydrogen-bond donors (Lipinski definition) is 2. The van der Waals surface area contributed by atoms with Gasteiger partial charge in [0.1, 0.15) is 17.4 Å². The van der Waals surface area contributed by atoms with E-state index < -0.39 is 5.91 Å². The van der Waals surface area contributed by atoms with E-state index in [-0.39, 0.29) is 5.57 Å². The van der Waals surface area contributed by atoms with Gasteiger partial charge in [-0.15, -0.1) is 0 Å². The molecule has 0 aliphatic heterocycles. The normalized spacial score (nSPS) is 10.7. The maximum Gasteiger partial charge on any atom is 0.267 e. The summed E-state index contributed by atoms with van der Waals surface area (Å²) in [5.41, 5.74) is 3.51. The molecule has 0 saturated heterocycles. The first kappa shape index (κ1) is 17.1. The molecule has 0 aromatic heterocycles. The van der Waals surface area contributed by atoms with Gasteiger partial charge in [-0.1, -0.05) is 18.2 Å². The minimum Gasteiger partial charge on any atom is -0.495 e. The molecule has 0 heterocycles. The zero-order valence-corrected chi connectivity index (χ0v) is 13.9. The average molecular weight is 321 g/mol. The number of para-hydroxylation sites is 2. The molecule has 5 heteroatoms. The van der Waals surface area contributed by atoms with E-state index in [9.17, 15) is 10.1 Å². The van der Waals surface area contributed by atoms with Crippen molar-refractivity contribution in [2.45, 2.75) is 13.8 Å². The van der Waals surface area contributed by atoms with Crippen LogP contribution < -0.4 is 15.4 Å². The zero-order valence-electron chi connectivity index (χ0n) is 13.9. The van der Waals surface area contributed by atoms with Crippen LogP contribution in [0, 0.1) is 25.2 Å². The largest absolute Gasteiger partial charge is 0.495 e. The first-order valence-corrected chi connectivity index (χ1v) is 7.43. The first-order chi connectivity index (χ1) is 11.5. The Morgan fingerprint density at radius 3 is 2.46 bits per heavy atom. The van der Waals surface area contributed by atoms with Gasteiger partial charge in [0.15, 0.2) is 0 Å². The minimum atomic E-state index is -0.501. The van der Waals surface area contributed by atoms with E-state index >= 15 is 0 Å². The quantitative estimate of drug-likeness (QED) is 0.649. The Labute approximate surface area is 141 Å². The van der Waals surface area contributed by atoms with Crippen LogP contribution in [0.4, 0.5) is 11.4 Å². The number of nitrogens with one attached hydrogen (secondary N) is 2. The van der Waals surface area contributed by atoms with E-state index in [1.54, 1.807) is 24.3 Å². The van der Waals surface area contributed by atoms with Gasteiger partial charge in [-0.05, 0) is 49.2 Å². The molecule has 2 rings (SSSR count). The predicted molar refractivity (Wildman–Crippen MR) is 94.9 cm³/mol. The van der Waals surface area contributed by atoms with Crippen molar-refractivity contribution >= 4 is 17.3 Å². The number of amides is 1. The van der Waals surface area contributed by atoms with Gasteiger partial charge in [-0.3, -0.25) is 4.79 Å². The van der Waals surface area contributed by atoms with Gasteiger partial charge in [-0.25, -0.2) is 0 Å². The molecular weight excluding hydrogens is 302 g/mol. The van der Waals surface area contributed by atoms with Crippen molar-refractivity contribution in [3.8, 4) is 11.8 Å². The number of rotatable bonds is 5. The fraction of sp³-hybridized carbons (Fsp3) is 0.158. The topological polar surface area (TPSA) is 74.1 Å². The number of hydrogen-bond acceptors (Lipinski definition) is 4. The van der Waals surface area contributed by atoms with E-state index in [0.29, 0.717) is 11.4 Å². The van der Waals surface area contributed by atoms with Crippen LogP contribution in [0.5, 0.6) is 5.75 Å². The maximum atomic E-state index is 12.3. The van der Waals surface area contributed by atoms with Gasteiger partial charge in [0.25, 0.3) is 5.91 Å². The third kappa shape index (κ3) is 4.37. The van der Waals surface area contributed by atoms with Crippen LogP contribution in [0.15, 0.2) is 54.2 Å². The third-order valence-electron chi connectivity index (χ3n) is 3.33. The summed E-state index contributed by atoms with van der Waals surface area (Å²) in [5, 5.41) is 14.9. The second kappa shape index (κ2) is 7.84. The van der Waals surface area contributed by atoms with E-state index in [1.165, 1.54) is 13.3 Å². The van der Waals surface area contributed by atoms with Gasteiger partial charge in [-0.2, -0.15) is 5.26 Å². The number of anilines is 2. The standard InChI is InChI=1S/C19H19N3O2/c1-13-8-14(2)10-16(9-13)21-12-15(11-20)19(23)22-17-6-4-5-7-18(17)24-3/h4-10,12,21H,1-3H3,(H,22,23)/b15-12-. The molecule has 1 amide bonds. The molecule has 0 atom stereocenters. The lowest BCUT2D eigenvalue weighted by atomic mass is 10.1. The number of carbonyl (C=O) groups excluding carboxylic acids is 1. The van der Waals surface area contributed by atoms with Crippen LogP contribution in [0.3, 0.4) is 0 Å². The first-order valence-electron chi connectivity index (χ1n) is 7.43. The molecule has 24 heavy (non-hydrogen) atoms. The van der Waals surface area contributed by atoms with Crippen molar-refractivity contribution < 1.29 is 9.53 Å². The van der Waals surface area contributed by atoms with Crippen LogP contribution in [0.1, 0.15) is 11.1 Å². The molecule has 2 aromatic carbocycles. The summed E-state index contributed by atoms with van der Waals surface area (Å²) >= 11 is 0. The number of carbonyl (C=O) groups is 1. The summed E-state index contributed by atoms with van der Waals surface area (Å²) in [6.07, 6.45) is 1.40. The Balaban J connectivity index is 2.15. The van der Waals surface area contributed by atoms with Crippen molar-refractivity contribution in [2.24, 2.45) is 0 Å². The lowest BCUT2D eigenvalue weighted by Gasteiger charge is -2.09. The van der Waals surface area contributed by atoms with Crippen LogP contribution in [-0.2, 0) is 4.79 Å². The van der Waals surface area contributed by atoms with Gasteiger partial charge in [0, 0.05) is 11.9 Å². The van der Waals surface area contributed by atoms with E-state index in [1.807, 2.05) is 32.0 Å². The second-order valence-corrected chi connectivity index (χ2v) is 5.34. The highest BCUT2D eigenvalue weighted by Crippen LogP contribution is 2.23. The molecule has 5 nitrogen and oxygen atoms in total. The number of nitrogens with zero attached hydrogens (tertiary/aromatic N) is 1. The van der Waals surface area contributed by atoms with Crippen molar-refractivity contribution in [1.82, 2.24) is 0 Å². The summed E-state index contributed by atoms with van der Waals surface area (Å²) in [6, 6.07) is 14.9. The Bertz CT molecular complexity index is 799. The molecule has 0 aliphatic carbocycles. The molecule has 0 bridgehead atoms. The van der Waals surface area contributed by atoms with E-state index in [0.717, 1.165) is 16.8 Å². The van der Waals surface area contributed by atoms with Gasteiger partial charge >= 0.3 is 0 Å². The van der Waals surface area contributed by atoms with Crippen LogP contribution in [0.25, 0.3) is 0 Å². The number of benzene rings is 2. The third-order valence-corrected chi connectivity index (χ3v) is 3.33. The number of ether oxygens (including phenoxy) is 1. The molecule has 0 radical (unpaired) electrons. The summed E-state index contributed by atoms with van der Waals surface area (Å²) in [4.78, 5) is 12.3.